The Bertz CT molecular complexity index is 816. The molecular formula is C13H10ClN3O3S. The van der Waals surface area contributed by atoms with Crippen LogP contribution in [0.5, 0.6) is 5.75 Å². The highest BCUT2D eigenvalue weighted by atomic mass is 35.5. The van der Waals surface area contributed by atoms with E-state index in [2.05, 4.69) is 9.71 Å². The molecule has 0 unspecified atom stereocenters. The predicted molar refractivity (Wildman–Crippen MR) is 77.8 cm³/mol. The van der Waals surface area contributed by atoms with Gasteiger partial charge in [0, 0.05) is 12.3 Å². The molecule has 0 amide bonds. The van der Waals surface area contributed by atoms with E-state index in [1.54, 1.807) is 0 Å². The second kappa shape index (κ2) is 5.99. The van der Waals surface area contributed by atoms with Crippen molar-refractivity contribution in [3.8, 4) is 11.8 Å². The fourth-order valence-corrected chi connectivity index (χ4v) is 2.92. The number of sulfonamides is 1. The van der Waals surface area contributed by atoms with Crippen molar-refractivity contribution in [2.45, 2.75) is 4.90 Å². The normalized spacial score (nSPS) is 10.7. The van der Waals surface area contributed by atoms with Gasteiger partial charge in [0.25, 0.3) is 10.0 Å². The third-order valence-electron chi connectivity index (χ3n) is 2.58. The molecule has 8 heteroatoms. The Hall–Kier alpha value is -2.30. The van der Waals surface area contributed by atoms with Crippen molar-refractivity contribution in [2.24, 2.45) is 0 Å². The summed E-state index contributed by atoms with van der Waals surface area (Å²) < 4.78 is 32.0. The first-order chi connectivity index (χ1) is 9.96. The Morgan fingerprint density at radius 1 is 1.33 bits per heavy atom. The summed E-state index contributed by atoms with van der Waals surface area (Å²) in [6.07, 6.45) is 1.30. The van der Waals surface area contributed by atoms with Gasteiger partial charge >= 0.3 is 0 Å². The Morgan fingerprint density at radius 2 is 2.10 bits per heavy atom. The topological polar surface area (TPSA) is 92.1 Å². The van der Waals surface area contributed by atoms with Gasteiger partial charge in [0.15, 0.2) is 0 Å². The molecule has 0 spiro atoms. The molecule has 1 heterocycles. The van der Waals surface area contributed by atoms with Crippen molar-refractivity contribution in [1.82, 2.24) is 4.98 Å². The van der Waals surface area contributed by atoms with Crippen molar-refractivity contribution in [1.29, 1.82) is 5.26 Å². The maximum absolute atomic E-state index is 12.3. The molecule has 0 aliphatic rings. The van der Waals surface area contributed by atoms with Crippen molar-refractivity contribution < 1.29 is 13.2 Å². The molecule has 108 valence electrons. The van der Waals surface area contributed by atoms with Gasteiger partial charge in [-0.3, -0.25) is 4.72 Å². The number of nitriles is 1. The van der Waals surface area contributed by atoms with Crippen LogP contribution in [0, 0.1) is 11.3 Å². The number of nitrogens with one attached hydrogen (secondary N) is 1. The molecule has 1 N–H and O–H groups in total. The second-order valence-corrected chi connectivity index (χ2v) is 6.02. The van der Waals surface area contributed by atoms with Crippen molar-refractivity contribution in [3.05, 3.63) is 47.2 Å². The molecule has 0 saturated heterocycles. The van der Waals surface area contributed by atoms with Gasteiger partial charge in [-0.25, -0.2) is 13.4 Å². The van der Waals surface area contributed by atoms with Gasteiger partial charge in [-0.05, 0) is 24.3 Å². The molecule has 0 radical (unpaired) electrons. The van der Waals surface area contributed by atoms with Crippen LogP contribution in [-0.2, 0) is 10.0 Å². The standard InChI is InChI=1S/C13H10ClN3O3S/c1-20-12-6-9(8-15)2-3-11(12)17-21(18,19)10-4-5-16-13(14)7-10/h2-7,17H,1H3. The zero-order valence-corrected chi connectivity index (χ0v) is 12.4. The minimum atomic E-state index is -3.83. The van der Waals surface area contributed by atoms with Crippen LogP contribution in [0.2, 0.25) is 5.15 Å². The monoisotopic (exact) mass is 323 g/mol. The number of pyridine rings is 1. The first kappa shape index (κ1) is 15.1. The Morgan fingerprint density at radius 3 is 2.71 bits per heavy atom. The van der Waals surface area contributed by atoms with E-state index in [0.717, 1.165) is 0 Å². The van der Waals surface area contributed by atoms with E-state index in [1.165, 1.54) is 43.6 Å². The van der Waals surface area contributed by atoms with Gasteiger partial charge in [0.1, 0.15) is 10.9 Å². The minimum Gasteiger partial charge on any atom is -0.495 e. The van der Waals surface area contributed by atoms with Crippen LogP contribution >= 0.6 is 11.6 Å². The molecule has 0 bridgehead atoms. The third kappa shape index (κ3) is 3.42. The Labute approximate surface area is 127 Å². The number of rotatable bonds is 4. The molecule has 2 aromatic rings. The van der Waals surface area contributed by atoms with E-state index in [-0.39, 0.29) is 21.5 Å². The van der Waals surface area contributed by atoms with E-state index in [9.17, 15) is 8.42 Å². The van der Waals surface area contributed by atoms with E-state index in [1.807, 2.05) is 6.07 Å². The molecular weight excluding hydrogens is 314 g/mol. The highest BCUT2D eigenvalue weighted by Crippen LogP contribution is 2.28. The maximum atomic E-state index is 12.3. The number of ether oxygens (including phenoxy) is 1. The summed E-state index contributed by atoms with van der Waals surface area (Å²) in [4.78, 5) is 3.71. The molecule has 21 heavy (non-hydrogen) atoms. The van der Waals surface area contributed by atoms with Gasteiger partial charge in [-0.2, -0.15) is 5.26 Å². The molecule has 0 fully saturated rings. The SMILES string of the molecule is COc1cc(C#N)ccc1NS(=O)(=O)c1ccnc(Cl)c1. The summed E-state index contributed by atoms with van der Waals surface area (Å²) in [5, 5.41) is 8.90. The Balaban J connectivity index is 2.40. The molecule has 0 atom stereocenters. The van der Waals surface area contributed by atoms with Crippen LogP contribution in [0.25, 0.3) is 0 Å². The van der Waals surface area contributed by atoms with Crippen molar-refractivity contribution >= 4 is 27.3 Å². The molecule has 1 aromatic carbocycles. The minimum absolute atomic E-state index is 0.0195. The molecule has 2 rings (SSSR count). The summed E-state index contributed by atoms with van der Waals surface area (Å²) >= 11 is 5.69. The van der Waals surface area contributed by atoms with E-state index < -0.39 is 10.0 Å². The number of hydrogen-bond acceptors (Lipinski definition) is 5. The molecule has 1 aromatic heterocycles. The van der Waals surface area contributed by atoms with E-state index in [0.29, 0.717) is 5.56 Å². The van der Waals surface area contributed by atoms with Crippen LogP contribution in [0.15, 0.2) is 41.4 Å². The van der Waals surface area contributed by atoms with Gasteiger partial charge < -0.3 is 4.74 Å². The fraction of sp³-hybridized carbons (Fsp3) is 0.0769. The van der Waals surface area contributed by atoms with Crippen LogP contribution in [-0.4, -0.2) is 20.5 Å². The average Bonchev–Trinajstić information content (AvgIpc) is 2.47. The van der Waals surface area contributed by atoms with E-state index in [4.69, 9.17) is 21.6 Å². The van der Waals surface area contributed by atoms with Crippen molar-refractivity contribution in [3.63, 3.8) is 0 Å². The number of aromatic nitrogens is 1. The summed E-state index contributed by atoms with van der Waals surface area (Å²) in [6, 6.07) is 8.89. The lowest BCUT2D eigenvalue weighted by molar-refractivity contribution is 0.416. The lowest BCUT2D eigenvalue weighted by Crippen LogP contribution is -2.13. The van der Waals surface area contributed by atoms with E-state index >= 15 is 0 Å². The highest BCUT2D eigenvalue weighted by Gasteiger charge is 2.17. The van der Waals surface area contributed by atoms with Crippen LogP contribution in [0.4, 0.5) is 5.69 Å². The first-order valence-corrected chi connectivity index (χ1v) is 7.55. The number of halogens is 1. The zero-order chi connectivity index (χ0) is 15.5. The lowest BCUT2D eigenvalue weighted by Gasteiger charge is -2.12. The van der Waals surface area contributed by atoms with Gasteiger partial charge in [-0.15, -0.1) is 0 Å². The second-order valence-electron chi connectivity index (χ2n) is 3.95. The fourth-order valence-electron chi connectivity index (χ4n) is 1.60. The van der Waals surface area contributed by atoms with Crippen LogP contribution < -0.4 is 9.46 Å². The third-order valence-corrected chi connectivity index (χ3v) is 4.15. The first-order valence-electron chi connectivity index (χ1n) is 5.69. The molecule has 6 nitrogen and oxygen atoms in total. The quantitative estimate of drug-likeness (QED) is 0.872. The zero-order valence-electron chi connectivity index (χ0n) is 10.9. The maximum Gasteiger partial charge on any atom is 0.262 e. The van der Waals surface area contributed by atoms with Gasteiger partial charge in [0.05, 0.1) is 29.3 Å². The summed E-state index contributed by atoms with van der Waals surface area (Å²) in [7, 11) is -2.44. The summed E-state index contributed by atoms with van der Waals surface area (Å²) in [6.45, 7) is 0. The lowest BCUT2D eigenvalue weighted by atomic mass is 10.2. The predicted octanol–water partition coefficient (Wildman–Crippen LogP) is 2.42. The highest BCUT2D eigenvalue weighted by molar-refractivity contribution is 7.92. The van der Waals surface area contributed by atoms with Crippen molar-refractivity contribution in [2.75, 3.05) is 11.8 Å². The number of hydrogen-bond donors (Lipinski definition) is 1. The van der Waals surface area contributed by atoms with Gasteiger partial charge in [0.2, 0.25) is 0 Å². The molecule has 0 aliphatic heterocycles. The molecule has 0 aliphatic carbocycles. The molecule has 0 saturated carbocycles. The van der Waals surface area contributed by atoms with Crippen LogP contribution in [0.1, 0.15) is 5.56 Å². The number of nitrogens with zero attached hydrogens (tertiary/aromatic N) is 2. The number of anilines is 1. The Kier molecular flexibility index (Phi) is 4.31. The average molecular weight is 324 g/mol. The summed E-state index contributed by atoms with van der Waals surface area (Å²) in [5.41, 5.74) is 0.589. The number of methoxy groups -OCH3 is 1. The van der Waals surface area contributed by atoms with Crippen LogP contribution in [0.3, 0.4) is 0 Å². The van der Waals surface area contributed by atoms with Gasteiger partial charge in [-0.1, -0.05) is 11.6 Å². The largest absolute Gasteiger partial charge is 0.495 e. The summed E-state index contributed by atoms with van der Waals surface area (Å²) in [5.74, 6) is 0.248. The number of benzene rings is 1. The smallest absolute Gasteiger partial charge is 0.262 e.